The van der Waals surface area contributed by atoms with Crippen LogP contribution in [-0.4, -0.2) is 18.7 Å². The predicted molar refractivity (Wildman–Crippen MR) is 49.3 cm³/mol. The van der Waals surface area contributed by atoms with Gasteiger partial charge in [-0.2, -0.15) is 0 Å². The average molecular weight is 194 g/mol. The minimum Gasteiger partial charge on any atom is -0.433 e. The first kappa shape index (κ1) is 11.6. The summed E-state index contributed by atoms with van der Waals surface area (Å²) in [5.41, 5.74) is 0. The molecule has 0 aromatic heterocycles. The Kier molecular flexibility index (Phi) is 8.34. The molecule has 4 heteroatoms. The lowest BCUT2D eigenvalue weighted by Crippen LogP contribution is -2.24. The predicted octanol–water partition coefficient (Wildman–Crippen LogP) is 2.49. The molecule has 0 fully saturated rings. The maximum atomic E-state index is 10.7. The number of unbranched alkanes of at least 4 members (excludes halogenated alkanes) is 3. The van der Waals surface area contributed by atoms with Crippen LogP contribution in [0.1, 0.15) is 32.6 Å². The fourth-order valence-corrected chi connectivity index (χ4v) is 0.942. The topological polar surface area (TPSA) is 38.3 Å². The smallest absolute Gasteiger partial charge is 0.408 e. The van der Waals surface area contributed by atoms with Gasteiger partial charge in [0.15, 0.2) is 6.07 Å². The van der Waals surface area contributed by atoms with E-state index in [0.29, 0.717) is 6.54 Å². The Bertz CT molecular complexity index is 120. The van der Waals surface area contributed by atoms with Gasteiger partial charge in [0.05, 0.1) is 0 Å². The molecule has 3 nitrogen and oxygen atoms in total. The van der Waals surface area contributed by atoms with E-state index in [1.54, 1.807) is 0 Å². The van der Waals surface area contributed by atoms with Crippen molar-refractivity contribution in [2.45, 2.75) is 32.6 Å². The standard InChI is InChI=1S/C8H16ClNO2/c1-2-3-4-5-6-10-8(11)12-7-9/h2-7H2,1H3,(H,10,11). The van der Waals surface area contributed by atoms with Gasteiger partial charge in [-0.1, -0.05) is 37.8 Å². The second-order valence-corrected chi connectivity index (χ2v) is 2.75. The van der Waals surface area contributed by atoms with Crippen LogP contribution in [0.4, 0.5) is 4.79 Å². The highest BCUT2D eigenvalue weighted by atomic mass is 35.5. The summed E-state index contributed by atoms with van der Waals surface area (Å²) in [6, 6.07) is -0.0825. The molecular formula is C8H16ClNO2. The number of hydrogen-bond donors (Lipinski definition) is 1. The van der Waals surface area contributed by atoms with Crippen molar-refractivity contribution < 1.29 is 9.53 Å². The summed E-state index contributed by atoms with van der Waals surface area (Å²) in [4.78, 5) is 10.7. The van der Waals surface area contributed by atoms with Gasteiger partial charge < -0.3 is 10.1 Å². The molecule has 1 N–H and O–H groups in total. The van der Waals surface area contributed by atoms with Gasteiger partial charge in [0, 0.05) is 6.54 Å². The zero-order valence-corrected chi connectivity index (χ0v) is 8.19. The van der Waals surface area contributed by atoms with Crippen LogP contribution in [0.3, 0.4) is 0 Å². The number of amides is 1. The molecule has 0 aliphatic heterocycles. The number of carbonyl (C=O) groups excluding carboxylic acids is 1. The van der Waals surface area contributed by atoms with Crippen LogP contribution < -0.4 is 5.32 Å². The van der Waals surface area contributed by atoms with E-state index in [-0.39, 0.29) is 6.07 Å². The molecule has 1 amide bonds. The summed E-state index contributed by atoms with van der Waals surface area (Å²) in [5, 5.41) is 2.60. The van der Waals surface area contributed by atoms with E-state index in [2.05, 4.69) is 17.0 Å². The molecule has 0 unspecified atom stereocenters. The van der Waals surface area contributed by atoms with Gasteiger partial charge in [-0.25, -0.2) is 4.79 Å². The monoisotopic (exact) mass is 193 g/mol. The van der Waals surface area contributed by atoms with Gasteiger partial charge in [0.2, 0.25) is 0 Å². The molecule has 0 rings (SSSR count). The number of alkyl halides is 1. The normalized spacial score (nSPS) is 9.50. The third-order valence-electron chi connectivity index (χ3n) is 1.49. The van der Waals surface area contributed by atoms with E-state index in [9.17, 15) is 4.79 Å². The molecular weight excluding hydrogens is 178 g/mol. The van der Waals surface area contributed by atoms with Gasteiger partial charge in [-0.3, -0.25) is 0 Å². The van der Waals surface area contributed by atoms with Gasteiger partial charge >= 0.3 is 6.09 Å². The first-order valence-corrected chi connectivity index (χ1v) is 4.81. The number of rotatable bonds is 6. The molecule has 0 bridgehead atoms. The van der Waals surface area contributed by atoms with E-state index in [0.717, 1.165) is 12.8 Å². The minimum atomic E-state index is -0.429. The van der Waals surface area contributed by atoms with E-state index in [4.69, 9.17) is 11.6 Å². The Hall–Kier alpha value is -0.440. The molecule has 72 valence electrons. The van der Waals surface area contributed by atoms with Crippen LogP contribution in [0.25, 0.3) is 0 Å². The number of hydrogen-bond acceptors (Lipinski definition) is 2. The Labute approximate surface area is 78.4 Å². The summed E-state index contributed by atoms with van der Waals surface area (Å²) in [6.45, 7) is 2.82. The molecule has 0 aliphatic rings. The summed E-state index contributed by atoms with van der Waals surface area (Å²) in [7, 11) is 0. The number of carbonyl (C=O) groups is 1. The molecule has 0 aromatic carbocycles. The van der Waals surface area contributed by atoms with Crippen molar-refractivity contribution in [2.24, 2.45) is 0 Å². The highest BCUT2D eigenvalue weighted by Gasteiger charge is 1.97. The Morgan fingerprint density at radius 2 is 2.17 bits per heavy atom. The second kappa shape index (κ2) is 8.65. The maximum Gasteiger partial charge on any atom is 0.408 e. The fourth-order valence-electron chi connectivity index (χ4n) is 0.843. The van der Waals surface area contributed by atoms with Crippen molar-refractivity contribution in [3.05, 3.63) is 0 Å². The summed E-state index contributed by atoms with van der Waals surface area (Å²) < 4.78 is 4.46. The first-order valence-electron chi connectivity index (χ1n) is 4.27. The zero-order valence-electron chi connectivity index (χ0n) is 7.44. The lowest BCUT2D eigenvalue weighted by molar-refractivity contribution is 0.164. The molecule has 0 spiro atoms. The quantitative estimate of drug-likeness (QED) is 0.520. The van der Waals surface area contributed by atoms with Gasteiger partial charge in [0.1, 0.15) is 0 Å². The van der Waals surface area contributed by atoms with Crippen LogP contribution in [0, 0.1) is 0 Å². The summed E-state index contributed by atoms with van der Waals surface area (Å²) >= 11 is 5.18. The number of ether oxygens (including phenoxy) is 1. The number of nitrogens with one attached hydrogen (secondary N) is 1. The van der Waals surface area contributed by atoms with Crippen LogP contribution in [0.2, 0.25) is 0 Å². The Morgan fingerprint density at radius 3 is 2.75 bits per heavy atom. The second-order valence-electron chi connectivity index (χ2n) is 2.53. The van der Waals surface area contributed by atoms with Crippen molar-refractivity contribution in [1.29, 1.82) is 0 Å². The summed E-state index contributed by atoms with van der Waals surface area (Å²) in [5.74, 6) is 0. The van der Waals surface area contributed by atoms with Crippen LogP contribution in [0.5, 0.6) is 0 Å². The fraction of sp³-hybridized carbons (Fsp3) is 0.875. The first-order chi connectivity index (χ1) is 5.81. The Morgan fingerprint density at radius 1 is 1.42 bits per heavy atom. The number of halogens is 1. The van der Waals surface area contributed by atoms with Crippen LogP contribution in [0.15, 0.2) is 0 Å². The van der Waals surface area contributed by atoms with Crippen LogP contribution in [-0.2, 0) is 4.74 Å². The van der Waals surface area contributed by atoms with E-state index < -0.39 is 6.09 Å². The van der Waals surface area contributed by atoms with E-state index in [1.165, 1.54) is 12.8 Å². The van der Waals surface area contributed by atoms with Crippen LogP contribution >= 0.6 is 11.6 Å². The third-order valence-corrected chi connectivity index (χ3v) is 1.59. The lowest BCUT2D eigenvalue weighted by Gasteiger charge is -2.03. The highest BCUT2D eigenvalue weighted by molar-refractivity contribution is 6.17. The van der Waals surface area contributed by atoms with Crippen molar-refractivity contribution in [1.82, 2.24) is 5.32 Å². The SMILES string of the molecule is CCCCCCNC(=O)OCCl. The van der Waals surface area contributed by atoms with Gasteiger partial charge in [-0.15, -0.1) is 0 Å². The van der Waals surface area contributed by atoms with Crippen molar-refractivity contribution >= 4 is 17.7 Å². The van der Waals surface area contributed by atoms with Gasteiger partial charge in [-0.05, 0) is 6.42 Å². The van der Waals surface area contributed by atoms with E-state index in [1.807, 2.05) is 0 Å². The lowest BCUT2D eigenvalue weighted by atomic mass is 10.2. The van der Waals surface area contributed by atoms with E-state index >= 15 is 0 Å². The molecule has 0 heterocycles. The molecule has 0 atom stereocenters. The molecule has 0 radical (unpaired) electrons. The number of alkyl carbamates (subject to hydrolysis) is 1. The largest absolute Gasteiger partial charge is 0.433 e. The summed E-state index contributed by atoms with van der Waals surface area (Å²) in [6.07, 6.45) is 4.14. The van der Waals surface area contributed by atoms with Crippen molar-refractivity contribution in [3.8, 4) is 0 Å². The van der Waals surface area contributed by atoms with Crippen molar-refractivity contribution in [3.63, 3.8) is 0 Å². The van der Waals surface area contributed by atoms with Gasteiger partial charge in [0.25, 0.3) is 0 Å². The molecule has 0 aliphatic carbocycles. The molecule has 0 aromatic rings. The molecule has 0 saturated carbocycles. The molecule has 12 heavy (non-hydrogen) atoms. The molecule has 0 saturated heterocycles. The van der Waals surface area contributed by atoms with Crippen molar-refractivity contribution in [2.75, 3.05) is 12.6 Å². The zero-order chi connectivity index (χ0) is 9.23. The average Bonchev–Trinajstić information content (AvgIpc) is 2.05. The Balaban J connectivity index is 3.03. The minimum absolute atomic E-state index is 0.0825. The third kappa shape index (κ3) is 7.66. The maximum absolute atomic E-state index is 10.7. The highest BCUT2D eigenvalue weighted by Crippen LogP contribution is 1.96.